The van der Waals surface area contributed by atoms with Crippen molar-refractivity contribution < 1.29 is 23.6 Å². The minimum atomic E-state index is -2.84. The molecule has 110 valence electrons. The molecule has 0 saturated carbocycles. The van der Waals surface area contributed by atoms with Crippen LogP contribution in [0.3, 0.4) is 0 Å². The first-order valence-corrected chi connectivity index (χ1v) is 9.21. The Bertz CT molecular complexity index is 318. The van der Waals surface area contributed by atoms with Crippen LogP contribution in [-0.4, -0.2) is 70.6 Å². The van der Waals surface area contributed by atoms with E-state index in [4.69, 9.17) is 44.1 Å². The van der Waals surface area contributed by atoms with Crippen molar-refractivity contribution in [3.8, 4) is 0 Å². The normalized spacial score (nSPS) is 34.3. The lowest BCUT2D eigenvalue weighted by Gasteiger charge is -2.26. The quantitative estimate of drug-likeness (QED) is 0.358. The highest BCUT2D eigenvalue weighted by Gasteiger charge is 2.45. The molecule has 1 heterocycles. The molecule has 1 aliphatic heterocycles. The molecule has 1 rings (SSSR count). The summed E-state index contributed by atoms with van der Waals surface area (Å²) in [5.41, 5.74) is 5.41. The highest BCUT2D eigenvalue weighted by atomic mass is 32.5. The predicted octanol–water partition coefficient (Wildman–Crippen LogP) is -0.423. The minimum Gasteiger partial charge on any atom is -0.382 e. The molecule has 1 fully saturated rings. The van der Waals surface area contributed by atoms with Crippen molar-refractivity contribution in [1.82, 2.24) is 0 Å². The summed E-state index contributed by atoms with van der Waals surface area (Å²) in [6.45, 7) is -0.0826. The highest BCUT2D eigenvalue weighted by Crippen LogP contribution is 2.43. The second-order valence-corrected chi connectivity index (χ2v) is 8.29. The van der Waals surface area contributed by atoms with E-state index in [9.17, 15) is 4.89 Å². The first kappa shape index (κ1) is 17.5. The zero-order chi connectivity index (χ0) is 14.5. The molecule has 0 bridgehead atoms. The molecule has 0 spiro atoms. The summed E-state index contributed by atoms with van der Waals surface area (Å²) in [6, 6.07) is -0.635. The van der Waals surface area contributed by atoms with E-state index in [1.807, 2.05) is 0 Å². The van der Waals surface area contributed by atoms with E-state index in [2.05, 4.69) is 0 Å². The molecule has 1 aliphatic rings. The largest absolute Gasteiger partial charge is 0.382 e. The molecule has 9 heteroatoms. The van der Waals surface area contributed by atoms with Gasteiger partial charge in [0.05, 0.1) is 6.61 Å². The molecule has 0 aromatic heterocycles. The molecule has 0 amide bonds. The summed E-state index contributed by atoms with van der Waals surface area (Å²) < 4.78 is 21.7. The molecule has 3 unspecified atom stereocenters. The monoisotopic (exact) mass is 309 g/mol. The van der Waals surface area contributed by atoms with Crippen LogP contribution < -0.4 is 5.73 Å². The smallest absolute Gasteiger partial charge is 0.183 e. The molecule has 5 atom stereocenters. The van der Waals surface area contributed by atoms with Gasteiger partial charge < -0.3 is 29.4 Å². The molecule has 19 heavy (non-hydrogen) atoms. The molecule has 1 saturated heterocycles. The van der Waals surface area contributed by atoms with Crippen molar-refractivity contribution in [2.45, 2.75) is 30.7 Å². The zero-order valence-corrected chi connectivity index (χ0v) is 12.9. The van der Waals surface area contributed by atoms with Gasteiger partial charge in [-0.2, -0.15) is 0 Å². The van der Waals surface area contributed by atoms with Crippen molar-refractivity contribution in [2.24, 2.45) is 5.73 Å². The van der Waals surface area contributed by atoms with E-state index in [0.717, 1.165) is 0 Å². The van der Waals surface area contributed by atoms with Crippen molar-refractivity contribution in [3.63, 3.8) is 0 Å². The van der Waals surface area contributed by atoms with Gasteiger partial charge in [-0.1, -0.05) is 0 Å². The summed E-state index contributed by atoms with van der Waals surface area (Å²) in [4.78, 5) is 9.73. The Balaban J connectivity index is 2.70. The Morgan fingerprint density at radius 2 is 2.16 bits per heavy atom. The van der Waals surface area contributed by atoms with Crippen LogP contribution in [0, 0.1) is 0 Å². The second-order valence-electron chi connectivity index (χ2n) is 4.45. The summed E-state index contributed by atoms with van der Waals surface area (Å²) in [6.07, 6.45) is -0.711. The van der Waals surface area contributed by atoms with Gasteiger partial charge >= 0.3 is 0 Å². The maximum absolute atomic E-state index is 9.73. The number of hydrogen-bond donors (Lipinski definition) is 2. The number of methoxy groups -OCH3 is 1. The lowest BCUT2D eigenvalue weighted by atomic mass is 9.93. The van der Waals surface area contributed by atoms with Crippen LogP contribution in [0.5, 0.6) is 0 Å². The number of nitrogens with two attached hydrogens (primary N) is 1. The van der Waals surface area contributed by atoms with Gasteiger partial charge in [0.2, 0.25) is 0 Å². The van der Waals surface area contributed by atoms with Crippen molar-refractivity contribution in [2.75, 3.05) is 33.5 Å². The molecule has 0 aliphatic carbocycles. The third kappa shape index (κ3) is 5.77. The Morgan fingerprint density at radius 1 is 1.47 bits per heavy atom. The first-order valence-electron chi connectivity index (χ1n) is 6.09. The van der Waals surface area contributed by atoms with E-state index in [-0.39, 0.29) is 0 Å². The average molecular weight is 309 g/mol. The van der Waals surface area contributed by atoms with E-state index in [0.29, 0.717) is 26.2 Å². The van der Waals surface area contributed by atoms with Gasteiger partial charge in [-0.25, -0.2) is 0 Å². The third-order valence-electron chi connectivity index (χ3n) is 2.65. The summed E-state index contributed by atoms with van der Waals surface area (Å²) in [5.74, 6) is 0. The maximum atomic E-state index is 9.73. The second kappa shape index (κ2) is 8.05. The topological polar surface area (TPSA) is 83.2 Å². The Labute approximate surface area is 120 Å². The predicted molar refractivity (Wildman–Crippen MR) is 77.0 cm³/mol. The summed E-state index contributed by atoms with van der Waals surface area (Å²) >= 11 is 4.92. The third-order valence-corrected chi connectivity index (χ3v) is 3.55. The van der Waals surface area contributed by atoms with Crippen LogP contribution in [0.15, 0.2) is 0 Å². The zero-order valence-electron chi connectivity index (χ0n) is 11.2. The van der Waals surface area contributed by atoms with Crippen LogP contribution in [0.4, 0.5) is 0 Å². The lowest BCUT2D eigenvalue weighted by Crippen LogP contribution is -2.38. The Morgan fingerprint density at radius 3 is 2.68 bits per heavy atom. The molecular formula is C10H21BNO5PS. The van der Waals surface area contributed by atoms with Crippen LogP contribution in [0.25, 0.3) is 0 Å². The van der Waals surface area contributed by atoms with Gasteiger partial charge in [-0.15, -0.1) is 0 Å². The molecule has 0 aromatic carbocycles. The molecule has 0 aromatic rings. The van der Waals surface area contributed by atoms with E-state index in [1.165, 1.54) is 6.66 Å². The number of rotatable bonds is 8. The SMILES string of the molecule is [B][C@@H]1O[C@H](COC)C(OP(C)(O)=S)C1OCCCN. The maximum Gasteiger partial charge on any atom is 0.183 e. The number of ether oxygens (including phenoxy) is 3. The van der Waals surface area contributed by atoms with Gasteiger partial charge in [0, 0.05) is 26.4 Å². The van der Waals surface area contributed by atoms with Crippen LogP contribution in [0.2, 0.25) is 0 Å². The van der Waals surface area contributed by atoms with Crippen LogP contribution in [0.1, 0.15) is 6.42 Å². The van der Waals surface area contributed by atoms with Crippen molar-refractivity contribution in [3.05, 3.63) is 0 Å². The van der Waals surface area contributed by atoms with Crippen LogP contribution >= 0.6 is 6.49 Å². The lowest BCUT2D eigenvalue weighted by molar-refractivity contribution is -0.0201. The Kier molecular flexibility index (Phi) is 7.42. The first-order chi connectivity index (χ1) is 8.89. The van der Waals surface area contributed by atoms with Gasteiger partial charge in [-0.05, 0) is 24.8 Å². The van der Waals surface area contributed by atoms with Crippen molar-refractivity contribution in [1.29, 1.82) is 0 Å². The van der Waals surface area contributed by atoms with Crippen LogP contribution in [-0.2, 0) is 30.5 Å². The van der Waals surface area contributed by atoms with Gasteiger partial charge in [0.15, 0.2) is 6.49 Å². The van der Waals surface area contributed by atoms with E-state index >= 15 is 0 Å². The fourth-order valence-electron chi connectivity index (χ4n) is 1.90. The van der Waals surface area contributed by atoms with E-state index < -0.39 is 30.8 Å². The molecular weight excluding hydrogens is 288 g/mol. The average Bonchev–Trinajstić information content (AvgIpc) is 2.56. The summed E-state index contributed by atoms with van der Waals surface area (Å²) in [7, 11) is 7.42. The minimum absolute atomic E-state index is 0.296. The summed E-state index contributed by atoms with van der Waals surface area (Å²) in [5, 5.41) is 0. The highest BCUT2D eigenvalue weighted by molar-refractivity contribution is 8.09. The van der Waals surface area contributed by atoms with Gasteiger partial charge in [-0.3, -0.25) is 0 Å². The van der Waals surface area contributed by atoms with Gasteiger partial charge in [0.25, 0.3) is 0 Å². The van der Waals surface area contributed by atoms with E-state index in [1.54, 1.807) is 7.11 Å². The fraction of sp³-hybridized carbons (Fsp3) is 1.00. The Hall–Kier alpha value is 0.475. The fourth-order valence-corrected chi connectivity index (χ4v) is 2.91. The van der Waals surface area contributed by atoms with Gasteiger partial charge in [0.1, 0.15) is 26.2 Å². The van der Waals surface area contributed by atoms with Crippen molar-refractivity contribution >= 4 is 26.1 Å². The number of hydrogen-bond acceptors (Lipinski definition) is 6. The molecule has 6 nitrogen and oxygen atoms in total. The molecule has 2 radical (unpaired) electrons. The standard InChI is InChI=1S/C10H21BNO5PS/c1-14-6-7-8(17-18(2,13)19)9(10(11)16-7)15-5-3-4-12/h7-10H,3-6,12H2,1-2H3,(H,13,19)/t7-,8?,9?,10-,18?/m1/s1. The molecule has 3 N–H and O–H groups in total.